The third-order valence-electron chi connectivity index (χ3n) is 3.57. The van der Waals surface area contributed by atoms with Crippen molar-refractivity contribution in [3.05, 3.63) is 54.1 Å². The number of nitrogens with zero attached hydrogens (tertiary/aromatic N) is 2. The van der Waals surface area contributed by atoms with Gasteiger partial charge >= 0.3 is 6.03 Å². The van der Waals surface area contributed by atoms with Gasteiger partial charge in [-0.1, -0.05) is 26.0 Å². The van der Waals surface area contributed by atoms with Crippen LogP contribution in [0.4, 0.5) is 16.2 Å². The van der Waals surface area contributed by atoms with Crippen molar-refractivity contribution in [3.63, 3.8) is 0 Å². The predicted octanol–water partition coefficient (Wildman–Crippen LogP) is 3.36. The number of rotatable bonds is 7. The van der Waals surface area contributed by atoms with E-state index < -0.39 is 0 Å². The molecule has 0 unspecified atom stereocenters. The highest BCUT2D eigenvalue weighted by atomic mass is 16.5. The molecule has 8 nitrogen and oxygen atoms in total. The Morgan fingerprint density at radius 1 is 0.964 bits per heavy atom. The van der Waals surface area contributed by atoms with Gasteiger partial charge < -0.3 is 26.8 Å². The molecule has 0 atom stereocenters. The molecular formula is C20H26N6O2. The summed E-state index contributed by atoms with van der Waals surface area (Å²) in [6, 6.07) is 14.1. The number of amides is 2. The summed E-state index contributed by atoms with van der Waals surface area (Å²) in [4.78, 5) is 12.2. The molecule has 28 heavy (non-hydrogen) atoms. The Bertz CT molecular complexity index is 838. The van der Waals surface area contributed by atoms with Crippen LogP contribution in [0, 0.1) is 5.92 Å². The van der Waals surface area contributed by atoms with E-state index in [1.54, 1.807) is 31.2 Å². The van der Waals surface area contributed by atoms with Gasteiger partial charge in [0.2, 0.25) is 5.96 Å². The molecule has 2 amide bonds. The van der Waals surface area contributed by atoms with Crippen molar-refractivity contribution in [1.29, 1.82) is 0 Å². The molecule has 6 N–H and O–H groups in total. The number of nitrogens with two attached hydrogens (primary N) is 2. The van der Waals surface area contributed by atoms with E-state index in [2.05, 4.69) is 34.7 Å². The molecule has 0 aliphatic carbocycles. The number of anilines is 2. The van der Waals surface area contributed by atoms with Crippen LogP contribution in [0.15, 0.2) is 58.7 Å². The lowest BCUT2D eigenvalue weighted by Crippen LogP contribution is -2.22. The number of carbonyl (C=O) groups excluding carboxylic acids is 1. The highest BCUT2D eigenvalue weighted by Crippen LogP contribution is 2.17. The van der Waals surface area contributed by atoms with E-state index >= 15 is 0 Å². The van der Waals surface area contributed by atoms with Crippen molar-refractivity contribution in [2.75, 3.05) is 17.2 Å². The Hall–Kier alpha value is -3.55. The number of urea groups is 1. The van der Waals surface area contributed by atoms with Gasteiger partial charge in [-0.05, 0) is 54.8 Å². The van der Waals surface area contributed by atoms with Gasteiger partial charge in [0.25, 0.3) is 0 Å². The molecule has 0 fully saturated rings. The quantitative estimate of drug-likeness (QED) is 0.332. The summed E-state index contributed by atoms with van der Waals surface area (Å²) in [6.45, 7) is 6.62. The monoisotopic (exact) mass is 382 g/mol. The van der Waals surface area contributed by atoms with Gasteiger partial charge in [0.05, 0.1) is 12.3 Å². The Morgan fingerprint density at radius 3 is 2.00 bits per heavy atom. The van der Waals surface area contributed by atoms with Crippen molar-refractivity contribution in [2.24, 2.45) is 27.6 Å². The largest absolute Gasteiger partial charge is 0.493 e. The molecule has 0 spiro atoms. The van der Waals surface area contributed by atoms with Gasteiger partial charge in [0.15, 0.2) is 0 Å². The third-order valence-corrected chi connectivity index (χ3v) is 3.57. The fraction of sp³-hybridized carbons (Fsp3) is 0.250. The van der Waals surface area contributed by atoms with Crippen LogP contribution < -0.4 is 26.8 Å². The van der Waals surface area contributed by atoms with Crippen LogP contribution in [0.2, 0.25) is 0 Å². The van der Waals surface area contributed by atoms with Gasteiger partial charge in [-0.25, -0.2) is 4.79 Å². The van der Waals surface area contributed by atoms with Crippen molar-refractivity contribution in [2.45, 2.75) is 20.8 Å². The zero-order valence-corrected chi connectivity index (χ0v) is 16.3. The van der Waals surface area contributed by atoms with Crippen LogP contribution in [-0.4, -0.2) is 24.3 Å². The number of carbonyl (C=O) groups is 1. The molecule has 0 aromatic heterocycles. The minimum absolute atomic E-state index is 0.103. The second-order valence-corrected chi connectivity index (χ2v) is 6.60. The normalized spacial score (nSPS) is 11.1. The fourth-order valence-corrected chi connectivity index (χ4v) is 2.18. The Morgan fingerprint density at radius 2 is 1.50 bits per heavy atom. The summed E-state index contributed by atoms with van der Waals surface area (Å²) in [5, 5.41) is 13.1. The Balaban J connectivity index is 1.90. The lowest BCUT2D eigenvalue weighted by atomic mass is 10.1. The number of hydrogen-bond donors (Lipinski definition) is 4. The van der Waals surface area contributed by atoms with E-state index in [1.165, 1.54) is 0 Å². The topological polar surface area (TPSA) is 127 Å². The van der Waals surface area contributed by atoms with Gasteiger partial charge in [0, 0.05) is 11.4 Å². The predicted molar refractivity (Wildman–Crippen MR) is 114 cm³/mol. The summed E-state index contributed by atoms with van der Waals surface area (Å²) in [7, 11) is 0. The highest BCUT2D eigenvalue weighted by Gasteiger charge is 2.05. The van der Waals surface area contributed by atoms with Crippen molar-refractivity contribution in [1.82, 2.24) is 0 Å². The Kier molecular flexibility index (Phi) is 7.38. The second kappa shape index (κ2) is 9.96. The molecule has 0 saturated heterocycles. The first-order chi connectivity index (χ1) is 13.3. The maximum Gasteiger partial charge on any atom is 0.323 e. The number of hydrogen-bond acceptors (Lipinski definition) is 4. The molecule has 2 aromatic rings. The summed E-state index contributed by atoms with van der Waals surface area (Å²) >= 11 is 0. The van der Waals surface area contributed by atoms with Crippen LogP contribution in [0.1, 0.15) is 26.3 Å². The zero-order valence-electron chi connectivity index (χ0n) is 16.3. The van der Waals surface area contributed by atoms with Crippen molar-refractivity contribution < 1.29 is 9.53 Å². The third kappa shape index (κ3) is 6.99. The van der Waals surface area contributed by atoms with Crippen LogP contribution in [0.3, 0.4) is 0 Å². The van der Waals surface area contributed by atoms with E-state index in [9.17, 15) is 4.79 Å². The second-order valence-electron chi connectivity index (χ2n) is 6.60. The Labute approximate surface area is 164 Å². The van der Waals surface area contributed by atoms with E-state index in [1.807, 2.05) is 24.3 Å². The molecule has 0 aliphatic heterocycles. The summed E-state index contributed by atoms with van der Waals surface area (Å²) < 4.78 is 5.62. The van der Waals surface area contributed by atoms with E-state index in [4.69, 9.17) is 16.2 Å². The van der Waals surface area contributed by atoms with Crippen LogP contribution in [0.5, 0.6) is 5.75 Å². The molecule has 2 rings (SSSR count). The van der Waals surface area contributed by atoms with E-state index in [0.29, 0.717) is 29.6 Å². The molecule has 0 aliphatic rings. The summed E-state index contributed by atoms with van der Waals surface area (Å²) in [5.41, 5.74) is 13.3. The SMILES string of the molecule is C/C(=N\N=C(N)N)c1ccc(NC(=O)Nc2ccc(OCC(C)C)cc2)cc1. The smallest absolute Gasteiger partial charge is 0.323 e. The van der Waals surface area contributed by atoms with E-state index in [0.717, 1.165) is 11.3 Å². The first kappa shape index (κ1) is 20.8. The number of guanidine groups is 1. The molecule has 2 aromatic carbocycles. The maximum atomic E-state index is 12.2. The average molecular weight is 382 g/mol. The van der Waals surface area contributed by atoms with Gasteiger partial charge in [-0.15, -0.1) is 5.10 Å². The van der Waals surface area contributed by atoms with Gasteiger partial charge in [0.1, 0.15) is 5.75 Å². The van der Waals surface area contributed by atoms with Gasteiger partial charge in [-0.2, -0.15) is 5.10 Å². The molecule has 0 radical (unpaired) electrons. The number of benzene rings is 2. The average Bonchev–Trinajstić information content (AvgIpc) is 2.66. The van der Waals surface area contributed by atoms with Crippen LogP contribution >= 0.6 is 0 Å². The lowest BCUT2D eigenvalue weighted by molar-refractivity contribution is 0.262. The van der Waals surface area contributed by atoms with Crippen molar-refractivity contribution in [3.8, 4) is 5.75 Å². The molecule has 0 bridgehead atoms. The number of nitrogens with one attached hydrogen (secondary N) is 2. The molecule has 148 valence electrons. The highest BCUT2D eigenvalue weighted by molar-refractivity contribution is 6.01. The maximum absolute atomic E-state index is 12.2. The minimum atomic E-state index is -0.338. The zero-order chi connectivity index (χ0) is 20.5. The first-order valence-electron chi connectivity index (χ1n) is 8.88. The lowest BCUT2D eigenvalue weighted by Gasteiger charge is -2.11. The van der Waals surface area contributed by atoms with Crippen LogP contribution in [-0.2, 0) is 0 Å². The standard InChI is InChI=1S/C20H26N6O2/c1-13(2)12-28-18-10-8-17(9-11-18)24-20(27)23-16-6-4-15(5-7-16)14(3)25-26-19(21)22/h4-11,13H,12H2,1-3H3,(H4,21,22,26)(H2,23,24,27)/b25-14+. The van der Waals surface area contributed by atoms with E-state index in [-0.39, 0.29) is 12.0 Å². The van der Waals surface area contributed by atoms with Crippen LogP contribution in [0.25, 0.3) is 0 Å². The number of ether oxygens (including phenoxy) is 1. The first-order valence-corrected chi connectivity index (χ1v) is 8.88. The summed E-state index contributed by atoms with van der Waals surface area (Å²) in [6.07, 6.45) is 0. The van der Waals surface area contributed by atoms with Gasteiger partial charge in [-0.3, -0.25) is 0 Å². The molecule has 0 heterocycles. The van der Waals surface area contributed by atoms with Crippen molar-refractivity contribution >= 4 is 29.1 Å². The molecule has 0 saturated carbocycles. The molecular weight excluding hydrogens is 356 g/mol. The fourth-order valence-electron chi connectivity index (χ4n) is 2.18. The molecule has 8 heteroatoms. The summed E-state index contributed by atoms with van der Waals surface area (Å²) in [5.74, 6) is 1.12. The minimum Gasteiger partial charge on any atom is -0.493 e.